The van der Waals surface area contributed by atoms with E-state index in [0.717, 1.165) is 16.8 Å². The van der Waals surface area contributed by atoms with Gasteiger partial charge in [-0.15, -0.1) is 11.6 Å². The Hall–Kier alpha value is -1.80. The fourth-order valence-corrected chi connectivity index (χ4v) is 2.08. The number of nitrogens with one attached hydrogen (secondary N) is 1. The number of amides is 1. The molecule has 2 aromatic carbocycles. The van der Waals surface area contributed by atoms with Crippen LogP contribution in [0.1, 0.15) is 16.7 Å². The van der Waals surface area contributed by atoms with Gasteiger partial charge in [-0.1, -0.05) is 48.0 Å². The molecule has 0 saturated carbocycles. The van der Waals surface area contributed by atoms with Crippen molar-refractivity contribution in [2.75, 3.05) is 5.32 Å². The molecule has 0 bridgehead atoms. The minimum atomic E-state index is -0.0265. The summed E-state index contributed by atoms with van der Waals surface area (Å²) in [6, 6.07) is 15.5. The van der Waals surface area contributed by atoms with Gasteiger partial charge in [-0.25, -0.2) is 0 Å². The average molecular weight is 274 g/mol. The number of anilines is 1. The van der Waals surface area contributed by atoms with Crippen LogP contribution in [-0.4, -0.2) is 5.91 Å². The molecule has 1 amide bonds. The number of aryl methyl sites for hydroxylation is 1. The Morgan fingerprint density at radius 1 is 1.11 bits per heavy atom. The van der Waals surface area contributed by atoms with Gasteiger partial charge < -0.3 is 5.32 Å². The molecule has 0 aliphatic heterocycles. The zero-order valence-electron chi connectivity index (χ0n) is 10.8. The fraction of sp³-hybridized carbons (Fsp3) is 0.188. The van der Waals surface area contributed by atoms with Crippen LogP contribution < -0.4 is 5.32 Å². The second kappa shape index (κ2) is 6.39. The first kappa shape index (κ1) is 13.6. The zero-order chi connectivity index (χ0) is 13.7. The van der Waals surface area contributed by atoms with Gasteiger partial charge in [-0.2, -0.15) is 0 Å². The minimum Gasteiger partial charge on any atom is -0.326 e. The first-order valence-corrected chi connectivity index (χ1v) is 6.72. The van der Waals surface area contributed by atoms with Crippen molar-refractivity contribution in [3.8, 4) is 0 Å². The summed E-state index contributed by atoms with van der Waals surface area (Å²) in [6.45, 7) is 2.03. The Labute approximate surface area is 118 Å². The maximum absolute atomic E-state index is 12.0. The van der Waals surface area contributed by atoms with E-state index in [-0.39, 0.29) is 5.91 Å². The summed E-state index contributed by atoms with van der Waals surface area (Å²) in [5.74, 6) is 0.363. The quantitative estimate of drug-likeness (QED) is 0.841. The van der Waals surface area contributed by atoms with Gasteiger partial charge in [0.2, 0.25) is 5.91 Å². The largest absolute Gasteiger partial charge is 0.326 e. The van der Waals surface area contributed by atoms with Crippen LogP contribution in [0, 0.1) is 6.92 Å². The van der Waals surface area contributed by atoms with Crippen molar-refractivity contribution in [2.45, 2.75) is 19.2 Å². The van der Waals surface area contributed by atoms with E-state index in [9.17, 15) is 4.79 Å². The number of hydrogen-bond donors (Lipinski definition) is 1. The van der Waals surface area contributed by atoms with Crippen LogP contribution in [0.4, 0.5) is 5.69 Å². The standard InChI is InChI=1S/C16H16ClNO/c1-12-6-8-13(9-7-12)10-16(19)18-15-5-3-2-4-14(15)11-17/h2-9H,10-11H2,1H3,(H,18,19). The third-order valence-electron chi connectivity index (χ3n) is 2.92. The van der Waals surface area contributed by atoms with E-state index < -0.39 is 0 Å². The molecule has 0 atom stereocenters. The van der Waals surface area contributed by atoms with Crippen molar-refractivity contribution in [2.24, 2.45) is 0 Å². The number of para-hydroxylation sites is 1. The fourth-order valence-electron chi connectivity index (χ4n) is 1.84. The Morgan fingerprint density at radius 2 is 1.79 bits per heavy atom. The van der Waals surface area contributed by atoms with Crippen molar-refractivity contribution < 1.29 is 4.79 Å². The molecule has 2 aromatic rings. The second-order valence-corrected chi connectivity index (χ2v) is 4.77. The van der Waals surface area contributed by atoms with Gasteiger partial charge in [-0.3, -0.25) is 4.79 Å². The molecule has 2 rings (SSSR count). The summed E-state index contributed by atoms with van der Waals surface area (Å²) in [6.07, 6.45) is 0.372. The van der Waals surface area contributed by atoms with Crippen molar-refractivity contribution >= 4 is 23.2 Å². The first-order chi connectivity index (χ1) is 9.19. The molecule has 0 radical (unpaired) electrons. The first-order valence-electron chi connectivity index (χ1n) is 6.18. The monoisotopic (exact) mass is 273 g/mol. The molecule has 0 saturated heterocycles. The number of alkyl halides is 1. The number of hydrogen-bond acceptors (Lipinski definition) is 1. The van der Waals surface area contributed by atoms with Gasteiger partial charge in [0.25, 0.3) is 0 Å². The van der Waals surface area contributed by atoms with Crippen LogP contribution in [0.25, 0.3) is 0 Å². The predicted octanol–water partition coefficient (Wildman–Crippen LogP) is 3.92. The number of carbonyl (C=O) groups is 1. The van der Waals surface area contributed by atoms with E-state index in [0.29, 0.717) is 12.3 Å². The topological polar surface area (TPSA) is 29.1 Å². The van der Waals surface area contributed by atoms with Crippen molar-refractivity contribution in [1.29, 1.82) is 0 Å². The summed E-state index contributed by atoms with van der Waals surface area (Å²) < 4.78 is 0. The third kappa shape index (κ3) is 3.83. The SMILES string of the molecule is Cc1ccc(CC(=O)Nc2ccccc2CCl)cc1. The molecule has 0 fully saturated rings. The average Bonchev–Trinajstić information content (AvgIpc) is 2.42. The van der Waals surface area contributed by atoms with Gasteiger partial charge in [0.15, 0.2) is 0 Å². The Morgan fingerprint density at radius 3 is 2.47 bits per heavy atom. The van der Waals surface area contributed by atoms with E-state index in [2.05, 4.69) is 5.32 Å². The Balaban J connectivity index is 2.03. The number of halogens is 1. The van der Waals surface area contributed by atoms with Crippen LogP contribution >= 0.6 is 11.6 Å². The molecule has 0 spiro atoms. The van der Waals surface area contributed by atoms with E-state index in [4.69, 9.17) is 11.6 Å². The molecule has 2 nitrogen and oxygen atoms in total. The maximum Gasteiger partial charge on any atom is 0.228 e. The Kier molecular flexibility index (Phi) is 4.58. The Bertz CT molecular complexity index is 563. The summed E-state index contributed by atoms with van der Waals surface area (Å²) in [5, 5.41) is 2.90. The second-order valence-electron chi connectivity index (χ2n) is 4.50. The smallest absolute Gasteiger partial charge is 0.228 e. The summed E-state index contributed by atoms with van der Waals surface area (Å²) in [5.41, 5.74) is 3.92. The molecular weight excluding hydrogens is 258 g/mol. The maximum atomic E-state index is 12.0. The molecule has 19 heavy (non-hydrogen) atoms. The van der Waals surface area contributed by atoms with Gasteiger partial charge in [-0.05, 0) is 24.1 Å². The van der Waals surface area contributed by atoms with E-state index in [1.807, 2.05) is 55.5 Å². The van der Waals surface area contributed by atoms with Crippen molar-refractivity contribution in [1.82, 2.24) is 0 Å². The predicted molar refractivity (Wildman–Crippen MR) is 79.5 cm³/mol. The van der Waals surface area contributed by atoms with Crippen LogP contribution in [0.2, 0.25) is 0 Å². The minimum absolute atomic E-state index is 0.0265. The third-order valence-corrected chi connectivity index (χ3v) is 3.21. The van der Waals surface area contributed by atoms with Gasteiger partial charge >= 0.3 is 0 Å². The molecule has 3 heteroatoms. The highest BCUT2D eigenvalue weighted by molar-refractivity contribution is 6.17. The summed E-state index contributed by atoms with van der Waals surface area (Å²) >= 11 is 5.84. The number of carbonyl (C=O) groups excluding carboxylic acids is 1. The van der Waals surface area contributed by atoms with E-state index >= 15 is 0 Å². The van der Waals surface area contributed by atoms with Crippen molar-refractivity contribution in [3.63, 3.8) is 0 Å². The lowest BCUT2D eigenvalue weighted by Crippen LogP contribution is -2.15. The summed E-state index contributed by atoms with van der Waals surface area (Å²) in [7, 11) is 0. The summed E-state index contributed by atoms with van der Waals surface area (Å²) in [4.78, 5) is 12.0. The highest BCUT2D eigenvalue weighted by atomic mass is 35.5. The van der Waals surface area contributed by atoms with Gasteiger partial charge in [0.05, 0.1) is 6.42 Å². The molecule has 0 aliphatic carbocycles. The number of benzene rings is 2. The lowest BCUT2D eigenvalue weighted by atomic mass is 10.1. The van der Waals surface area contributed by atoms with Crippen molar-refractivity contribution in [3.05, 3.63) is 65.2 Å². The molecule has 0 aliphatic rings. The highest BCUT2D eigenvalue weighted by Gasteiger charge is 2.06. The molecule has 0 heterocycles. The van der Waals surface area contributed by atoms with E-state index in [1.165, 1.54) is 5.56 Å². The van der Waals surface area contributed by atoms with Gasteiger partial charge in [0, 0.05) is 11.6 Å². The molecule has 0 aromatic heterocycles. The lowest BCUT2D eigenvalue weighted by Gasteiger charge is -2.09. The molecule has 0 unspecified atom stereocenters. The van der Waals surface area contributed by atoms with Crippen LogP contribution in [-0.2, 0) is 17.1 Å². The lowest BCUT2D eigenvalue weighted by molar-refractivity contribution is -0.115. The normalized spacial score (nSPS) is 10.2. The molecule has 1 N–H and O–H groups in total. The molecular formula is C16H16ClNO. The highest BCUT2D eigenvalue weighted by Crippen LogP contribution is 2.17. The van der Waals surface area contributed by atoms with E-state index in [1.54, 1.807) is 0 Å². The molecule has 98 valence electrons. The number of rotatable bonds is 4. The van der Waals surface area contributed by atoms with Crippen LogP contribution in [0.15, 0.2) is 48.5 Å². The van der Waals surface area contributed by atoms with Crippen LogP contribution in [0.5, 0.6) is 0 Å². The van der Waals surface area contributed by atoms with Gasteiger partial charge in [0.1, 0.15) is 0 Å². The zero-order valence-corrected chi connectivity index (χ0v) is 11.6. The van der Waals surface area contributed by atoms with Crippen LogP contribution in [0.3, 0.4) is 0 Å².